The highest BCUT2D eigenvalue weighted by Crippen LogP contribution is 2.31. The van der Waals surface area contributed by atoms with Gasteiger partial charge in [0.1, 0.15) is 5.69 Å². The summed E-state index contributed by atoms with van der Waals surface area (Å²) in [7, 11) is 1.94. The standard InChI is InChI=1S/C19H22F3N4/c1-13-10-17(26(2)12-14-4-3-9-23-11-14)24-25-18(13)15-5-7-16(8-6-15)19(20,21)22/h5-8,10,12,14,23H,3-4,9,11H2,1-2H3/q+1. The summed E-state index contributed by atoms with van der Waals surface area (Å²) in [6, 6.07) is 6.92. The van der Waals surface area contributed by atoms with Crippen molar-refractivity contribution >= 4 is 12.0 Å². The van der Waals surface area contributed by atoms with Crippen LogP contribution in [0.1, 0.15) is 24.0 Å². The molecule has 138 valence electrons. The molecule has 0 aliphatic carbocycles. The summed E-state index contributed by atoms with van der Waals surface area (Å²) >= 11 is 0. The molecule has 1 aliphatic rings. The number of benzene rings is 1. The highest BCUT2D eigenvalue weighted by atomic mass is 19.4. The lowest BCUT2D eigenvalue weighted by molar-refractivity contribution is -0.407. The Morgan fingerprint density at radius 2 is 1.92 bits per heavy atom. The molecule has 0 radical (unpaired) electrons. The first-order valence-electron chi connectivity index (χ1n) is 8.65. The summed E-state index contributed by atoms with van der Waals surface area (Å²) in [4.78, 5) is 0. The van der Waals surface area contributed by atoms with Crippen LogP contribution in [-0.4, -0.2) is 41.1 Å². The van der Waals surface area contributed by atoms with Gasteiger partial charge < -0.3 is 5.32 Å². The predicted molar refractivity (Wildman–Crippen MR) is 94.7 cm³/mol. The summed E-state index contributed by atoms with van der Waals surface area (Å²) in [6.07, 6.45) is 0.114. The minimum Gasteiger partial charge on any atom is -0.316 e. The van der Waals surface area contributed by atoms with Gasteiger partial charge in [0.05, 0.1) is 23.9 Å². The molecule has 1 unspecified atom stereocenters. The normalized spacial score (nSPS) is 18.8. The second kappa shape index (κ2) is 7.53. The summed E-state index contributed by atoms with van der Waals surface area (Å²) in [5.41, 5.74) is 1.42. The molecule has 1 fully saturated rings. The van der Waals surface area contributed by atoms with Gasteiger partial charge in [-0.15, -0.1) is 0 Å². The number of aromatic nitrogens is 2. The Hall–Kier alpha value is -2.28. The highest BCUT2D eigenvalue weighted by molar-refractivity contribution is 5.64. The molecule has 2 aromatic rings. The van der Waals surface area contributed by atoms with E-state index < -0.39 is 11.7 Å². The van der Waals surface area contributed by atoms with E-state index in [1.807, 2.05) is 24.6 Å². The predicted octanol–water partition coefficient (Wildman–Crippen LogP) is 3.82. The van der Waals surface area contributed by atoms with Crippen LogP contribution in [0, 0.1) is 12.8 Å². The van der Waals surface area contributed by atoms with Gasteiger partial charge in [0.15, 0.2) is 0 Å². The smallest absolute Gasteiger partial charge is 0.316 e. The number of piperidine rings is 1. The van der Waals surface area contributed by atoms with Crippen LogP contribution >= 0.6 is 0 Å². The quantitative estimate of drug-likeness (QED) is 0.666. The van der Waals surface area contributed by atoms with Crippen molar-refractivity contribution in [3.63, 3.8) is 0 Å². The molecular formula is C19H22F3N4+. The van der Waals surface area contributed by atoms with Crippen molar-refractivity contribution in [1.82, 2.24) is 15.5 Å². The van der Waals surface area contributed by atoms with Crippen LogP contribution in [0.4, 0.5) is 19.0 Å². The van der Waals surface area contributed by atoms with E-state index in [1.54, 1.807) is 0 Å². The molecule has 0 bridgehead atoms. The molecule has 2 heterocycles. The van der Waals surface area contributed by atoms with Gasteiger partial charge in [0.2, 0.25) is 0 Å². The first-order valence-corrected chi connectivity index (χ1v) is 8.65. The minimum absolute atomic E-state index is 0.463. The van der Waals surface area contributed by atoms with Gasteiger partial charge in [-0.1, -0.05) is 12.1 Å². The lowest BCUT2D eigenvalue weighted by Crippen LogP contribution is -2.32. The molecule has 1 N–H and O–H groups in total. The van der Waals surface area contributed by atoms with Crippen molar-refractivity contribution in [3.05, 3.63) is 41.5 Å². The van der Waals surface area contributed by atoms with Crippen molar-refractivity contribution < 1.29 is 17.7 Å². The third-order valence-electron chi connectivity index (χ3n) is 4.59. The van der Waals surface area contributed by atoms with Crippen molar-refractivity contribution in [2.75, 3.05) is 20.1 Å². The Morgan fingerprint density at radius 1 is 1.19 bits per heavy atom. The van der Waals surface area contributed by atoms with Crippen LogP contribution in [0.15, 0.2) is 30.3 Å². The van der Waals surface area contributed by atoms with Gasteiger partial charge in [-0.05, 0) is 49.1 Å². The van der Waals surface area contributed by atoms with Gasteiger partial charge >= 0.3 is 12.0 Å². The molecule has 4 nitrogen and oxygen atoms in total. The maximum Gasteiger partial charge on any atom is 0.416 e. The largest absolute Gasteiger partial charge is 0.416 e. The average molecular weight is 363 g/mol. The Bertz CT molecular complexity index is 791. The second-order valence-electron chi connectivity index (χ2n) is 6.68. The van der Waals surface area contributed by atoms with E-state index in [9.17, 15) is 13.2 Å². The van der Waals surface area contributed by atoms with Crippen LogP contribution in [0.5, 0.6) is 0 Å². The third kappa shape index (κ3) is 4.27. The third-order valence-corrected chi connectivity index (χ3v) is 4.59. The van der Waals surface area contributed by atoms with Crippen LogP contribution in [-0.2, 0) is 6.18 Å². The molecular weight excluding hydrogens is 341 g/mol. The van der Waals surface area contributed by atoms with Crippen LogP contribution in [0.3, 0.4) is 0 Å². The van der Waals surface area contributed by atoms with Crippen molar-refractivity contribution in [2.24, 2.45) is 5.92 Å². The maximum absolute atomic E-state index is 12.7. The number of nitrogens with one attached hydrogen (secondary N) is 1. The van der Waals surface area contributed by atoms with Crippen molar-refractivity contribution in [3.8, 4) is 11.3 Å². The summed E-state index contributed by atoms with van der Waals surface area (Å²) in [5.74, 6) is 1.19. The Labute approximate surface area is 150 Å². The number of rotatable bonds is 3. The highest BCUT2D eigenvalue weighted by Gasteiger charge is 2.30. The lowest BCUT2D eigenvalue weighted by Gasteiger charge is -2.18. The zero-order valence-corrected chi connectivity index (χ0v) is 14.8. The summed E-state index contributed by atoms with van der Waals surface area (Å²) in [5, 5.41) is 11.9. The second-order valence-corrected chi connectivity index (χ2v) is 6.68. The molecule has 7 heteroatoms. The molecule has 1 aromatic heterocycles. The van der Waals surface area contributed by atoms with E-state index in [2.05, 4.69) is 21.7 Å². The molecule has 1 atom stereocenters. The van der Waals surface area contributed by atoms with E-state index >= 15 is 0 Å². The van der Waals surface area contributed by atoms with Gasteiger partial charge in [-0.3, -0.25) is 0 Å². The first kappa shape index (κ1) is 18.5. The van der Waals surface area contributed by atoms with Gasteiger partial charge in [0.25, 0.3) is 0 Å². The number of alkyl halides is 3. The van der Waals surface area contributed by atoms with Crippen LogP contribution in [0.25, 0.3) is 11.3 Å². The van der Waals surface area contributed by atoms with Crippen LogP contribution in [0.2, 0.25) is 0 Å². The molecule has 0 spiro atoms. The van der Waals surface area contributed by atoms with Gasteiger partial charge in [-0.25, -0.2) is 4.58 Å². The fourth-order valence-electron chi connectivity index (χ4n) is 3.14. The van der Waals surface area contributed by atoms with Crippen LogP contribution < -0.4 is 5.32 Å². The Kier molecular flexibility index (Phi) is 5.36. The van der Waals surface area contributed by atoms with E-state index in [0.717, 1.165) is 49.4 Å². The first-order chi connectivity index (χ1) is 12.3. The molecule has 1 aliphatic heterocycles. The van der Waals surface area contributed by atoms with E-state index in [1.165, 1.54) is 12.1 Å². The Balaban J connectivity index is 1.82. The molecule has 1 saturated heterocycles. The topological polar surface area (TPSA) is 40.8 Å². The van der Waals surface area contributed by atoms with Crippen molar-refractivity contribution in [1.29, 1.82) is 0 Å². The SMILES string of the molecule is Cc1cc([N+](C)=CC2CCCNC2)nnc1-c1ccc(C(F)(F)F)cc1. The Morgan fingerprint density at radius 3 is 2.50 bits per heavy atom. The summed E-state index contributed by atoms with van der Waals surface area (Å²) < 4.78 is 40.0. The monoisotopic (exact) mass is 363 g/mol. The fraction of sp³-hybridized carbons (Fsp3) is 0.421. The lowest BCUT2D eigenvalue weighted by atomic mass is 10.0. The molecule has 0 amide bonds. The van der Waals surface area contributed by atoms with E-state index in [0.29, 0.717) is 17.2 Å². The van der Waals surface area contributed by atoms with E-state index in [4.69, 9.17) is 0 Å². The number of hydrogen-bond acceptors (Lipinski definition) is 3. The maximum atomic E-state index is 12.7. The number of aryl methyl sites for hydroxylation is 1. The molecule has 0 saturated carbocycles. The van der Waals surface area contributed by atoms with Gasteiger partial charge in [-0.2, -0.15) is 13.2 Å². The molecule has 1 aromatic carbocycles. The average Bonchev–Trinajstić information content (AvgIpc) is 2.62. The number of nitrogens with zero attached hydrogens (tertiary/aromatic N) is 3. The summed E-state index contributed by atoms with van der Waals surface area (Å²) in [6.45, 7) is 3.91. The van der Waals surface area contributed by atoms with Gasteiger partial charge in [0, 0.05) is 24.1 Å². The number of halogens is 3. The van der Waals surface area contributed by atoms with Crippen molar-refractivity contribution in [2.45, 2.75) is 25.9 Å². The molecule has 3 rings (SSSR count). The number of hydrogen-bond donors (Lipinski definition) is 1. The minimum atomic E-state index is -4.34. The zero-order chi connectivity index (χ0) is 18.7. The fourth-order valence-corrected chi connectivity index (χ4v) is 3.14. The zero-order valence-electron chi connectivity index (χ0n) is 14.8. The van der Waals surface area contributed by atoms with E-state index in [-0.39, 0.29) is 0 Å². The molecule has 26 heavy (non-hydrogen) atoms.